The Hall–Kier alpha value is -2.35. The number of carbonyl (C=O) groups is 1. The molecule has 1 amide bonds. The van der Waals surface area contributed by atoms with Gasteiger partial charge in [-0.25, -0.2) is 4.98 Å². The molecule has 0 saturated carbocycles. The Morgan fingerprint density at radius 1 is 1.17 bits per heavy atom. The molecule has 1 aromatic carbocycles. The summed E-state index contributed by atoms with van der Waals surface area (Å²) in [5.41, 5.74) is 0.211. The summed E-state index contributed by atoms with van der Waals surface area (Å²) in [4.78, 5) is 23.0. The molecule has 5 nitrogen and oxygen atoms in total. The van der Waals surface area contributed by atoms with Crippen molar-refractivity contribution in [2.75, 3.05) is 27.2 Å². The molecule has 0 radical (unpaired) electrons. The number of nitrogens with zero attached hydrogens (tertiary/aromatic N) is 3. The number of imidazole rings is 1. The Kier molecular flexibility index (Phi) is 5.61. The van der Waals surface area contributed by atoms with Gasteiger partial charge in [-0.15, -0.1) is 0 Å². The lowest BCUT2D eigenvalue weighted by Crippen LogP contribution is -2.36. The predicted octanol–water partition coefficient (Wildman–Crippen LogP) is 2.63. The largest absolute Gasteiger partial charge is 0.416 e. The number of carbonyl (C=O) groups excluding carboxylic acids is 1. The van der Waals surface area contributed by atoms with E-state index in [1.807, 2.05) is 19.0 Å². The van der Waals surface area contributed by atoms with Crippen LogP contribution in [0.5, 0.6) is 0 Å². The first-order valence-electron chi connectivity index (χ1n) is 7.36. The number of nitrogens with one attached hydrogen (secondary N) is 1. The van der Waals surface area contributed by atoms with Gasteiger partial charge in [-0.05, 0) is 38.4 Å². The van der Waals surface area contributed by atoms with Gasteiger partial charge in [-0.3, -0.25) is 4.79 Å². The van der Waals surface area contributed by atoms with Gasteiger partial charge in [0, 0.05) is 24.8 Å². The second-order valence-electron chi connectivity index (χ2n) is 5.68. The maximum Gasteiger partial charge on any atom is 0.416 e. The fourth-order valence-electron chi connectivity index (χ4n) is 2.13. The van der Waals surface area contributed by atoms with Crippen LogP contribution in [-0.2, 0) is 12.7 Å². The first-order valence-corrected chi connectivity index (χ1v) is 7.36. The minimum Gasteiger partial charge on any atom is -0.347 e. The highest BCUT2D eigenvalue weighted by Crippen LogP contribution is 2.29. The zero-order valence-corrected chi connectivity index (χ0v) is 13.5. The zero-order valence-electron chi connectivity index (χ0n) is 13.5. The number of amides is 1. The van der Waals surface area contributed by atoms with Crippen molar-refractivity contribution in [2.45, 2.75) is 12.7 Å². The van der Waals surface area contributed by atoms with Crippen LogP contribution in [0.4, 0.5) is 13.2 Å². The average molecular weight is 340 g/mol. The Morgan fingerprint density at radius 2 is 1.83 bits per heavy atom. The second kappa shape index (κ2) is 7.48. The van der Waals surface area contributed by atoms with Crippen molar-refractivity contribution in [1.82, 2.24) is 19.8 Å². The lowest BCUT2D eigenvalue weighted by molar-refractivity contribution is -0.137. The van der Waals surface area contributed by atoms with E-state index in [-0.39, 0.29) is 11.5 Å². The average Bonchev–Trinajstić information content (AvgIpc) is 3.03. The van der Waals surface area contributed by atoms with E-state index < -0.39 is 11.7 Å². The molecule has 1 aromatic heterocycles. The number of halogens is 3. The molecule has 0 atom stereocenters. The predicted molar refractivity (Wildman–Crippen MR) is 83.3 cm³/mol. The van der Waals surface area contributed by atoms with E-state index in [1.54, 1.807) is 11.1 Å². The molecular weight excluding hydrogens is 321 g/mol. The fourth-order valence-corrected chi connectivity index (χ4v) is 2.13. The summed E-state index contributed by atoms with van der Waals surface area (Å²) < 4.78 is 37.9. The normalized spacial score (nSPS) is 11.8. The first-order chi connectivity index (χ1) is 11.3. The molecule has 0 unspecified atom stereocenters. The third-order valence-corrected chi connectivity index (χ3v) is 3.48. The zero-order chi connectivity index (χ0) is 17.7. The fraction of sp³-hybridized carbons (Fsp3) is 0.375. The van der Waals surface area contributed by atoms with E-state index in [4.69, 9.17) is 0 Å². The Balaban J connectivity index is 2.16. The number of aromatic nitrogens is 2. The van der Waals surface area contributed by atoms with Gasteiger partial charge in [0.2, 0.25) is 0 Å². The molecule has 2 rings (SSSR count). The van der Waals surface area contributed by atoms with Crippen LogP contribution >= 0.6 is 0 Å². The van der Waals surface area contributed by atoms with Crippen LogP contribution in [0.15, 0.2) is 36.8 Å². The number of rotatable bonds is 6. The molecule has 0 aliphatic heterocycles. The molecule has 0 spiro atoms. The van der Waals surface area contributed by atoms with E-state index in [1.165, 1.54) is 18.5 Å². The summed E-state index contributed by atoms with van der Waals surface area (Å²) in [5.74, 6) is -0.319. The minimum absolute atomic E-state index is 0.223. The van der Waals surface area contributed by atoms with E-state index >= 15 is 0 Å². The Bertz CT molecular complexity index is 651. The van der Waals surface area contributed by atoms with Crippen molar-refractivity contribution in [3.8, 4) is 0 Å². The molecule has 2 aromatic rings. The maximum atomic E-state index is 12.6. The van der Waals surface area contributed by atoms with Gasteiger partial charge in [0.05, 0.1) is 24.1 Å². The number of alkyl halides is 3. The summed E-state index contributed by atoms with van der Waals surface area (Å²) in [5, 5.41) is 0. The lowest BCUT2D eigenvalue weighted by atomic mass is 10.1. The molecule has 0 fully saturated rings. The SMILES string of the molecule is CN(C)CCN(Cc1cnc[nH]1)C(=O)c1ccc(C(F)(F)F)cc1. The van der Waals surface area contributed by atoms with Crippen molar-refractivity contribution in [3.05, 3.63) is 53.6 Å². The highest BCUT2D eigenvalue weighted by atomic mass is 19.4. The summed E-state index contributed by atoms with van der Waals surface area (Å²) in [6.07, 6.45) is -1.28. The van der Waals surface area contributed by atoms with Gasteiger partial charge in [0.1, 0.15) is 0 Å². The van der Waals surface area contributed by atoms with Gasteiger partial charge in [-0.2, -0.15) is 13.2 Å². The van der Waals surface area contributed by atoms with Gasteiger partial charge >= 0.3 is 6.18 Å². The number of hydrogen-bond donors (Lipinski definition) is 1. The second-order valence-corrected chi connectivity index (χ2v) is 5.68. The van der Waals surface area contributed by atoms with Crippen molar-refractivity contribution in [1.29, 1.82) is 0 Å². The monoisotopic (exact) mass is 340 g/mol. The third-order valence-electron chi connectivity index (χ3n) is 3.48. The third kappa shape index (κ3) is 4.82. The number of H-pyrrole nitrogens is 1. The molecule has 1 N–H and O–H groups in total. The van der Waals surface area contributed by atoms with Crippen molar-refractivity contribution in [2.24, 2.45) is 0 Å². The number of benzene rings is 1. The molecule has 1 heterocycles. The van der Waals surface area contributed by atoms with Gasteiger partial charge < -0.3 is 14.8 Å². The topological polar surface area (TPSA) is 52.2 Å². The van der Waals surface area contributed by atoms with Crippen molar-refractivity contribution < 1.29 is 18.0 Å². The smallest absolute Gasteiger partial charge is 0.347 e. The van der Waals surface area contributed by atoms with Crippen molar-refractivity contribution in [3.63, 3.8) is 0 Å². The number of aromatic amines is 1. The van der Waals surface area contributed by atoms with Crippen molar-refractivity contribution >= 4 is 5.91 Å². The van der Waals surface area contributed by atoms with E-state index in [2.05, 4.69) is 9.97 Å². The molecule has 0 saturated heterocycles. The molecule has 130 valence electrons. The maximum absolute atomic E-state index is 12.6. The number of hydrogen-bond acceptors (Lipinski definition) is 3. The molecule has 8 heteroatoms. The molecule has 24 heavy (non-hydrogen) atoms. The highest BCUT2D eigenvalue weighted by molar-refractivity contribution is 5.94. The summed E-state index contributed by atoms with van der Waals surface area (Å²) in [6, 6.07) is 4.27. The van der Waals surface area contributed by atoms with Crippen LogP contribution in [0.2, 0.25) is 0 Å². The quantitative estimate of drug-likeness (QED) is 0.880. The van der Waals surface area contributed by atoms with Crippen LogP contribution in [0.1, 0.15) is 21.6 Å². The van der Waals surface area contributed by atoms with E-state index in [9.17, 15) is 18.0 Å². The lowest BCUT2D eigenvalue weighted by Gasteiger charge is -2.24. The Morgan fingerprint density at radius 3 is 2.33 bits per heavy atom. The highest BCUT2D eigenvalue weighted by Gasteiger charge is 2.30. The van der Waals surface area contributed by atoms with Gasteiger partial charge in [0.25, 0.3) is 5.91 Å². The molecular formula is C16H19F3N4O. The minimum atomic E-state index is -4.41. The number of likely N-dealkylation sites (N-methyl/N-ethyl adjacent to an activating group) is 1. The molecule has 0 aliphatic carbocycles. The standard InChI is InChI=1S/C16H19F3N4O/c1-22(2)7-8-23(10-14-9-20-11-21-14)15(24)12-3-5-13(6-4-12)16(17,18)19/h3-6,9,11H,7-8,10H2,1-2H3,(H,20,21). The molecule has 0 bridgehead atoms. The van der Waals surface area contributed by atoms with Crippen LogP contribution in [-0.4, -0.2) is 52.9 Å². The van der Waals surface area contributed by atoms with Crippen LogP contribution in [0.25, 0.3) is 0 Å². The van der Waals surface area contributed by atoms with E-state index in [0.29, 0.717) is 19.6 Å². The summed E-state index contributed by atoms with van der Waals surface area (Å²) in [6.45, 7) is 1.40. The summed E-state index contributed by atoms with van der Waals surface area (Å²) >= 11 is 0. The van der Waals surface area contributed by atoms with Crippen LogP contribution in [0.3, 0.4) is 0 Å². The van der Waals surface area contributed by atoms with E-state index in [0.717, 1.165) is 17.8 Å². The Labute approximate surface area is 138 Å². The first kappa shape index (κ1) is 18.0. The summed E-state index contributed by atoms with van der Waals surface area (Å²) in [7, 11) is 3.77. The van der Waals surface area contributed by atoms with Gasteiger partial charge in [-0.1, -0.05) is 0 Å². The van der Waals surface area contributed by atoms with Crippen LogP contribution in [0, 0.1) is 0 Å². The van der Waals surface area contributed by atoms with Gasteiger partial charge in [0.15, 0.2) is 0 Å². The molecule has 0 aliphatic rings. The van der Waals surface area contributed by atoms with Crippen LogP contribution < -0.4 is 0 Å².